The zero-order valence-corrected chi connectivity index (χ0v) is 14.9. The van der Waals surface area contributed by atoms with Crippen molar-refractivity contribution in [1.29, 1.82) is 0 Å². The fourth-order valence-electron chi connectivity index (χ4n) is 2.51. The molecular formula is C17H14F2N4O3S. The Morgan fingerprint density at radius 2 is 2.19 bits per heavy atom. The number of halogens is 2. The summed E-state index contributed by atoms with van der Waals surface area (Å²) < 4.78 is 29.7. The van der Waals surface area contributed by atoms with Crippen molar-refractivity contribution in [3.05, 3.63) is 58.3 Å². The molecule has 0 amide bonds. The van der Waals surface area contributed by atoms with Crippen molar-refractivity contribution >= 4 is 40.1 Å². The molecule has 3 aromatic rings. The Morgan fingerprint density at radius 1 is 1.41 bits per heavy atom. The molecule has 0 unspecified atom stereocenters. The maximum absolute atomic E-state index is 14.8. The average molecular weight is 392 g/mol. The number of carbonyl (C=O) groups is 1. The van der Waals surface area contributed by atoms with Gasteiger partial charge in [0.05, 0.1) is 11.8 Å². The van der Waals surface area contributed by atoms with Gasteiger partial charge in [0, 0.05) is 22.9 Å². The molecule has 1 aromatic carbocycles. The van der Waals surface area contributed by atoms with Crippen LogP contribution < -0.4 is 4.47 Å². The van der Waals surface area contributed by atoms with E-state index < -0.39 is 23.0 Å². The topological polar surface area (TPSA) is 98.7 Å². The van der Waals surface area contributed by atoms with Gasteiger partial charge in [0.15, 0.2) is 5.82 Å². The maximum Gasteiger partial charge on any atom is 0.201 e. The standard InChI is InChI=1S/C17H14F2N4O3S/c1-2-5-27-23(26)13-4-3-12(18)14(15(13)19)16(24)11-8-21-17-10(11)6-9(22-25)7-20-17/h3-4,6-8,26H,2,5H2,1H3,(H,20,21). The number of H-pyrrole nitrogens is 1. The number of pyridine rings is 1. The number of rotatable bonds is 7. The van der Waals surface area contributed by atoms with Gasteiger partial charge < -0.3 is 4.98 Å². The number of fused-ring (bicyclic) bond motifs is 1. The third-order valence-electron chi connectivity index (χ3n) is 3.79. The van der Waals surface area contributed by atoms with E-state index in [0.29, 0.717) is 10.2 Å². The summed E-state index contributed by atoms with van der Waals surface area (Å²) in [5.41, 5.74) is -0.961. The van der Waals surface area contributed by atoms with E-state index in [4.69, 9.17) is 0 Å². The van der Waals surface area contributed by atoms with E-state index in [2.05, 4.69) is 15.1 Å². The van der Waals surface area contributed by atoms with Gasteiger partial charge in [-0.1, -0.05) is 6.92 Å². The van der Waals surface area contributed by atoms with Gasteiger partial charge in [-0.25, -0.2) is 13.8 Å². The van der Waals surface area contributed by atoms with Crippen molar-refractivity contribution in [2.24, 2.45) is 5.18 Å². The monoisotopic (exact) mass is 392 g/mol. The normalized spacial score (nSPS) is 11.0. The Bertz CT molecular complexity index is 1020. The lowest BCUT2D eigenvalue weighted by Gasteiger charge is -2.17. The van der Waals surface area contributed by atoms with Crippen molar-refractivity contribution < 1.29 is 18.8 Å². The Kier molecular flexibility index (Phi) is 5.47. The summed E-state index contributed by atoms with van der Waals surface area (Å²) in [5.74, 6) is -2.69. The SMILES string of the molecule is CCCSN(O)c1ccc(F)c(C(=O)c2c[nH]c3ncc(N=O)cc23)c1F. The summed E-state index contributed by atoms with van der Waals surface area (Å²) in [4.78, 5) is 30.1. The van der Waals surface area contributed by atoms with E-state index in [0.717, 1.165) is 30.5 Å². The van der Waals surface area contributed by atoms with Gasteiger partial charge in [0.2, 0.25) is 5.78 Å². The highest BCUT2D eigenvalue weighted by Crippen LogP contribution is 2.31. The second-order valence-electron chi connectivity index (χ2n) is 5.57. The van der Waals surface area contributed by atoms with Crippen LogP contribution in [0, 0.1) is 16.5 Å². The van der Waals surface area contributed by atoms with Gasteiger partial charge in [-0.05, 0) is 41.7 Å². The van der Waals surface area contributed by atoms with Gasteiger partial charge >= 0.3 is 0 Å². The largest absolute Gasteiger partial charge is 0.345 e. The van der Waals surface area contributed by atoms with Crippen molar-refractivity contribution in [3.8, 4) is 0 Å². The first-order valence-electron chi connectivity index (χ1n) is 7.93. The fourth-order valence-corrected chi connectivity index (χ4v) is 3.15. The number of hydrogen-bond acceptors (Lipinski definition) is 7. The minimum absolute atomic E-state index is 0.0247. The number of nitroso groups, excluding NO2 is 1. The van der Waals surface area contributed by atoms with Crippen molar-refractivity contribution in [2.75, 3.05) is 10.2 Å². The molecule has 140 valence electrons. The molecule has 2 N–H and O–H groups in total. The number of nitrogens with one attached hydrogen (secondary N) is 1. The lowest BCUT2D eigenvalue weighted by molar-refractivity contribution is 0.103. The minimum atomic E-state index is -1.18. The number of aromatic amines is 1. The fraction of sp³-hybridized carbons (Fsp3) is 0.176. The van der Waals surface area contributed by atoms with E-state index >= 15 is 0 Å². The minimum Gasteiger partial charge on any atom is -0.345 e. The average Bonchev–Trinajstić information content (AvgIpc) is 3.09. The van der Waals surface area contributed by atoms with Crippen LogP contribution in [0.4, 0.5) is 20.2 Å². The van der Waals surface area contributed by atoms with Gasteiger partial charge in [-0.2, -0.15) is 4.47 Å². The number of ketones is 1. The predicted molar refractivity (Wildman–Crippen MR) is 98.4 cm³/mol. The van der Waals surface area contributed by atoms with Crippen LogP contribution in [0.2, 0.25) is 0 Å². The van der Waals surface area contributed by atoms with Crippen LogP contribution >= 0.6 is 11.9 Å². The molecule has 0 atom stereocenters. The molecule has 7 nitrogen and oxygen atoms in total. The summed E-state index contributed by atoms with van der Waals surface area (Å²) in [6, 6.07) is 3.26. The second kappa shape index (κ2) is 7.80. The molecule has 0 saturated carbocycles. The molecule has 2 aromatic heterocycles. The molecule has 3 rings (SSSR count). The maximum atomic E-state index is 14.8. The first-order chi connectivity index (χ1) is 13.0. The highest BCUT2D eigenvalue weighted by Gasteiger charge is 2.26. The quantitative estimate of drug-likeness (QED) is 0.261. The van der Waals surface area contributed by atoms with Crippen LogP contribution in [0.1, 0.15) is 29.3 Å². The third-order valence-corrected chi connectivity index (χ3v) is 4.82. The van der Waals surface area contributed by atoms with Gasteiger partial charge in [-0.3, -0.25) is 10.0 Å². The third kappa shape index (κ3) is 3.53. The lowest BCUT2D eigenvalue weighted by Crippen LogP contribution is -2.15. The highest BCUT2D eigenvalue weighted by molar-refractivity contribution is 8.00. The van der Waals surface area contributed by atoms with Gasteiger partial charge in [-0.15, -0.1) is 4.91 Å². The molecule has 2 heterocycles. The lowest BCUT2D eigenvalue weighted by atomic mass is 10.0. The van der Waals surface area contributed by atoms with Crippen molar-refractivity contribution in [1.82, 2.24) is 9.97 Å². The number of carbonyl (C=O) groups excluding carboxylic acids is 1. The van der Waals surface area contributed by atoms with Crippen LogP contribution in [0.3, 0.4) is 0 Å². The number of benzene rings is 1. The number of anilines is 1. The van der Waals surface area contributed by atoms with E-state index in [1.807, 2.05) is 6.92 Å². The molecule has 0 aliphatic carbocycles. The molecule has 27 heavy (non-hydrogen) atoms. The molecule has 0 aliphatic heterocycles. The first kappa shape index (κ1) is 18.9. The van der Waals surface area contributed by atoms with Crippen molar-refractivity contribution in [2.45, 2.75) is 13.3 Å². The zero-order chi connectivity index (χ0) is 19.6. The number of nitrogens with zero attached hydrogens (tertiary/aromatic N) is 3. The van der Waals surface area contributed by atoms with E-state index in [1.54, 1.807) is 0 Å². The molecule has 10 heteroatoms. The van der Waals surface area contributed by atoms with Crippen LogP contribution in [0.25, 0.3) is 11.0 Å². The molecule has 0 radical (unpaired) electrons. The molecule has 0 spiro atoms. The summed E-state index contributed by atoms with van der Waals surface area (Å²) in [6.07, 6.45) is 3.19. The number of hydrogen-bond donors (Lipinski definition) is 2. The van der Waals surface area contributed by atoms with Gasteiger partial charge in [0.25, 0.3) is 0 Å². The van der Waals surface area contributed by atoms with Crippen LogP contribution in [-0.4, -0.2) is 26.7 Å². The zero-order valence-electron chi connectivity index (χ0n) is 14.1. The first-order valence-corrected chi connectivity index (χ1v) is 8.87. The predicted octanol–water partition coefficient (Wildman–Crippen LogP) is 4.72. The smallest absolute Gasteiger partial charge is 0.201 e. The summed E-state index contributed by atoms with van der Waals surface area (Å²) in [7, 11) is 0. The second-order valence-corrected chi connectivity index (χ2v) is 6.59. The summed E-state index contributed by atoms with van der Waals surface area (Å²) in [6.45, 7) is 1.88. The van der Waals surface area contributed by atoms with Gasteiger partial charge in [0.1, 0.15) is 22.8 Å². The van der Waals surface area contributed by atoms with Crippen LogP contribution in [-0.2, 0) is 0 Å². The van der Waals surface area contributed by atoms with Crippen LogP contribution in [0.5, 0.6) is 0 Å². The molecule has 0 aliphatic rings. The van der Waals surface area contributed by atoms with E-state index in [-0.39, 0.29) is 28.0 Å². The summed E-state index contributed by atoms with van der Waals surface area (Å²) in [5, 5.41) is 12.9. The Labute approximate surface area is 156 Å². The summed E-state index contributed by atoms with van der Waals surface area (Å²) >= 11 is 0.927. The molecule has 0 saturated heterocycles. The molecular weight excluding hydrogens is 378 g/mol. The number of aromatic nitrogens is 2. The van der Waals surface area contributed by atoms with Crippen molar-refractivity contribution in [3.63, 3.8) is 0 Å². The van der Waals surface area contributed by atoms with E-state index in [1.165, 1.54) is 18.5 Å². The highest BCUT2D eigenvalue weighted by atomic mass is 32.2. The van der Waals surface area contributed by atoms with Crippen LogP contribution in [0.15, 0.2) is 35.8 Å². The Hall–Kier alpha value is -2.85. The van der Waals surface area contributed by atoms with E-state index in [9.17, 15) is 23.7 Å². The molecule has 0 bridgehead atoms. The Morgan fingerprint density at radius 3 is 2.89 bits per heavy atom. The molecule has 0 fully saturated rings. The Balaban J connectivity index is 2.08.